The molecule has 0 amide bonds. The molecule has 74 valence electrons. The molecule has 2 heterocycles. The molecule has 0 aliphatic heterocycles. The number of nitrogens with one attached hydrogen (secondary N) is 1. The first kappa shape index (κ1) is 8.92. The first-order chi connectivity index (χ1) is 6.74. The predicted octanol–water partition coefficient (Wildman–Crippen LogP) is -0.478. The fourth-order valence-corrected chi connectivity index (χ4v) is 1.33. The molecule has 4 N–H and O–H groups in total. The molecule has 0 fully saturated rings. The molecule has 0 aromatic carbocycles. The van der Waals surface area contributed by atoms with E-state index in [9.17, 15) is 5.11 Å². The number of nitrogens with two attached hydrogens (primary N) is 1. The second-order valence-corrected chi connectivity index (χ2v) is 2.88. The molecular formula is C8H11N5O. The van der Waals surface area contributed by atoms with Crippen molar-refractivity contribution in [3.05, 3.63) is 24.0 Å². The number of aromatic nitrogens is 3. The smallest absolute Gasteiger partial charge is 0.164 e. The summed E-state index contributed by atoms with van der Waals surface area (Å²) in [6.45, 7) is 0. The van der Waals surface area contributed by atoms with E-state index in [4.69, 9.17) is 5.73 Å². The summed E-state index contributed by atoms with van der Waals surface area (Å²) in [5, 5.41) is 16.3. The highest BCUT2D eigenvalue weighted by molar-refractivity contribution is 5.59. The minimum absolute atomic E-state index is 0.283. The highest BCUT2D eigenvalue weighted by Gasteiger charge is 2.17. The largest absolute Gasteiger partial charge is 0.382 e. The normalized spacial score (nSPS) is 13.3. The SMILES string of the molecule is CNC(O)c1c(N)nn2cccnc12. The van der Waals surface area contributed by atoms with Crippen LogP contribution in [0.1, 0.15) is 11.8 Å². The molecule has 0 bridgehead atoms. The van der Waals surface area contributed by atoms with E-state index in [-0.39, 0.29) is 5.82 Å². The van der Waals surface area contributed by atoms with Gasteiger partial charge < -0.3 is 10.8 Å². The third-order valence-electron chi connectivity index (χ3n) is 2.01. The Morgan fingerprint density at radius 1 is 1.64 bits per heavy atom. The van der Waals surface area contributed by atoms with Crippen LogP contribution in [-0.2, 0) is 0 Å². The van der Waals surface area contributed by atoms with Gasteiger partial charge in [0, 0.05) is 12.4 Å². The van der Waals surface area contributed by atoms with Crippen LogP contribution in [0.15, 0.2) is 18.5 Å². The van der Waals surface area contributed by atoms with Crippen LogP contribution >= 0.6 is 0 Å². The Labute approximate surface area is 80.4 Å². The van der Waals surface area contributed by atoms with E-state index in [0.29, 0.717) is 11.2 Å². The van der Waals surface area contributed by atoms with Crippen molar-refractivity contribution in [2.75, 3.05) is 12.8 Å². The van der Waals surface area contributed by atoms with E-state index in [0.717, 1.165) is 0 Å². The number of aliphatic hydroxyl groups is 1. The van der Waals surface area contributed by atoms with Crippen LogP contribution in [-0.4, -0.2) is 26.8 Å². The monoisotopic (exact) mass is 193 g/mol. The number of hydrogen-bond donors (Lipinski definition) is 3. The fraction of sp³-hybridized carbons (Fsp3) is 0.250. The number of nitrogens with zero attached hydrogens (tertiary/aromatic N) is 3. The van der Waals surface area contributed by atoms with Crippen LogP contribution in [0.25, 0.3) is 5.65 Å². The zero-order valence-electron chi connectivity index (χ0n) is 7.68. The zero-order valence-corrected chi connectivity index (χ0v) is 7.68. The number of anilines is 1. The van der Waals surface area contributed by atoms with Crippen molar-refractivity contribution in [2.45, 2.75) is 6.23 Å². The van der Waals surface area contributed by atoms with Gasteiger partial charge in [0.1, 0.15) is 6.23 Å². The van der Waals surface area contributed by atoms with Crippen molar-refractivity contribution in [3.8, 4) is 0 Å². The van der Waals surface area contributed by atoms with Gasteiger partial charge in [0.2, 0.25) is 0 Å². The average Bonchev–Trinajstić information content (AvgIpc) is 2.53. The molecule has 14 heavy (non-hydrogen) atoms. The predicted molar refractivity (Wildman–Crippen MR) is 51.4 cm³/mol. The Morgan fingerprint density at radius 2 is 2.43 bits per heavy atom. The average molecular weight is 193 g/mol. The Kier molecular flexibility index (Phi) is 2.06. The molecule has 0 saturated carbocycles. The molecule has 0 radical (unpaired) electrons. The van der Waals surface area contributed by atoms with E-state index < -0.39 is 6.23 Å². The summed E-state index contributed by atoms with van der Waals surface area (Å²) in [4.78, 5) is 4.09. The lowest BCUT2D eigenvalue weighted by Gasteiger charge is -2.06. The summed E-state index contributed by atoms with van der Waals surface area (Å²) in [6, 6.07) is 1.75. The van der Waals surface area contributed by atoms with Gasteiger partial charge >= 0.3 is 0 Å². The second kappa shape index (κ2) is 3.24. The quantitative estimate of drug-likeness (QED) is 0.561. The summed E-state index contributed by atoms with van der Waals surface area (Å²) in [5.41, 5.74) is 6.73. The first-order valence-electron chi connectivity index (χ1n) is 4.18. The van der Waals surface area contributed by atoms with Gasteiger partial charge in [-0.2, -0.15) is 0 Å². The molecule has 0 saturated heterocycles. The molecule has 2 aromatic heterocycles. The zero-order chi connectivity index (χ0) is 10.1. The Balaban J connectivity index is 2.67. The van der Waals surface area contributed by atoms with E-state index in [1.54, 1.807) is 25.5 Å². The van der Waals surface area contributed by atoms with Gasteiger partial charge in [0.15, 0.2) is 11.5 Å². The van der Waals surface area contributed by atoms with Gasteiger partial charge in [0.05, 0.1) is 5.56 Å². The van der Waals surface area contributed by atoms with Crippen molar-refractivity contribution in [1.82, 2.24) is 19.9 Å². The summed E-state index contributed by atoms with van der Waals surface area (Å²) in [6.07, 6.45) is 2.51. The number of nitrogen functional groups attached to an aromatic ring is 1. The lowest BCUT2D eigenvalue weighted by Crippen LogP contribution is -2.16. The molecule has 6 heteroatoms. The minimum Gasteiger partial charge on any atom is -0.382 e. The standard InChI is InChI=1S/C8H11N5O/c1-10-8(14)5-6(9)12-13-4-2-3-11-7(5)13/h2-4,8,10,14H,1H3,(H2,9,12). The van der Waals surface area contributed by atoms with Crippen LogP contribution in [0.3, 0.4) is 0 Å². The first-order valence-corrected chi connectivity index (χ1v) is 4.18. The fourth-order valence-electron chi connectivity index (χ4n) is 1.33. The van der Waals surface area contributed by atoms with Crippen LogP contribution in [0.2, 0.25) is 0 Å². The van der Waals surface area contributed by atoms with E-state index in [1.807, 2.05) is 0 Å². The summed E-state index contributed by atoms with van der Waals surface area (Å²) >= 11 is 0. The third-order valence-corrected chi connectivity index (χ3v) is 2.01. The molecule has 1 unspecified atom stereocenters. The maximum atomic E-state index is 9.61. The van der Waals surface area contributed by atoms with Crippen molar-refractivity contribution < 1.29 is 5.11 Å². The number of hydrogen-bond acceptors (Lipinski definition) is 5. The lowest BCUT2D eigenvalue weighted by molar-refractivity contribution is 0.151. The molecule has 0 aliphatic carbocycles. The maximum Gasteiger partial charge on any atom is 0.164 e. The molecule has 1 atom stereocenters. The van der Waals surface area contributed by atoms with Crippen LogP contribution in [0.4, 0.5) is 5.82 Å². The van der Waals surface area contributed by atoms with Gasteiger partial charge in [-0.3, -0.25) is 5.32 Å². The second-order valence-electron chi connectivity index (χ2n) is 2.88. The Bertz CT molecular complexity index is 452. The van der Waals surface area contributed by atoms with Crippen molar-refractivity contribution in [2.24, 2.45) is 0 Å². The highest BCUT2D eigenvalue weighted by atomic mass is 16.3. The van der Waals surface area contributed by atoms with Gasteiger partial charge in [-0.1, -0.05) is 0 Å². The van der Waals surface area contributed by atoms with E-state index in [2.05, 4.69) is 15.4 Å². The number of fused-ring (bicyclic) bond motifs is 1. The van der Waals surface area contributed by atoms with Crippen molar-refractivity contribution >= 4 is 11.5 Å². The van der Waals surface area contributed by atoms with Gasteiger partial charge in [-0.15, -0.1) is 5.10 Å². The molecule has 0 aliphatic rings. The lowest BCUT2D eigenvalue weighted by atomic mass is 10.2. The molecule has 2 aromatic rings. The molecule has 0 spiro atoms. The molecular weight excluding hydrogens is 182 g/mol. The Hall–Kier alpha value is -1.66. The third kappa shape index (κ3) is 1.21. The van der Waals surface area contributed by atoms with E-state index >= 15 is 0 Å². The van der Waals surface area contributed by atoms with Crippen molar-refractivity contribution in [1.29, 1.82) is 0 Å². The highest BCUT2D eigenvalue weighted by Crippen LogP contribution is 2.21. The number of rotatable bonds is 2. The summed E-state index contributed by atoms with van der Waals surface area (Å²) in [5.74, 6) is 0.283. The summed E-state index contributed by atoms with van der Waals surface area (Å²) in [7, 11) is 1.64. The van der Waals surface area contributed by atoms with Gasteiger partial charge in [0.25, 0.3) is 0 Å². The van der Waals surface area contributed by atoms with Gasteiger partial charge in [-0.25, -0.2) is 9.50 Å². The van der Waals surface area contributed by atoms with E-state index in [1.165, 1.54) is 4.52 Å². The molecule has 2 rings (SSSR count). The maximum absolute atomic E-state index is 9.61. The van der Waals surface area contributed by atoms with Crippen LogP contribution in [0, 0.1) is 0 Å². The Morgan fingerprint density at radius 3 is 3.14 bits per heavy atom. The van der Waals surface area contributed by atoms with Crippen molar-refractivity contribution in [3.63, 3.8) is 0 Å². The number of aliphatic hydroxyl groups excluding tert-OH is 1. The molecule has 6 nitrogen and oxygen atoms in total. The van der Waals surface area contributed by atoms with Crippen LogP contribution < -0.4 is 11.1 Å². The topological polar surface area (TPSA) is 88.5 Å². The summed E-state index contributed by atoms with van der Waals surface area (Å²) < 4.78 is 1.53. The van der Waals surface area contributed by atoms with Gasteiger partial charge in [-0.05, 0) is 13.1 Å². The van der Waals surface area contributed by atoms with Crippen LogP contribution in [0.5, 0.6) is 0 Å². The minimum atomic E-state index is -0.845.